The first-order valence-corrected chi connectivity index (χ1v) is 10.6. The molecule has 0 unspecified atom stereocenters. The van der Waals surface area contributed by atoms with Crippen molar-refractivity contribution in [2.24, 2.45) is 5.92 Å². The molecule has 0 bridgehead atoms. The van der Waals surface area contributed by atoms with Crippen LogP contribution in [0.2, 0.25) is 0 Å². The summed E-state index contributed by atoms with van der Waals surface area (Å²) in [7, 11) is 0. The monoisotopic (exact) mass is 463 g/mol. The van der Waals surface area contributed by atoms with Gasteiger partial charge in [-0.1, -0.05) is 44.2 Å². The molecule has 0 spiro atoms. The standard InChI is InChI=1S/C25H25F4NO3/c1-15(2)14-33-24(32)23-16(3)30(13-18-6-4-5-7-21(18)26)22(31)12-20(23)17-8-10-19(11-9-17)25(27,28)29/h4-11,15,20H,12-14H2,1-3H3/t20-/m1/s1. The van der Waals surface area contributed by atoms with E-state index >= 15 is 0 Å². The molecule has 1 atom stereocenters. The number of carbonyl (C=O) groups excluding carboxylic acids is 2. The Balaban J connectivity index is 2.02. The van der Waals surface area contributed by atoms with Crippen molar-refractivity contribution in [3.63, 3.8) is 0 Å². The van der Waals surface area contributed by atoms with E-state index in [9.17, 15) is 27.2 Å². The lowest BCUT2D eigenvalue weighted by atomic mass is 9.83. The fourth-order valence-electron chi connectivity index (χ4n) is 3.77. The van der Waals surface area contributed by atoms with Crippen LogP contribution in [0, 0.1) is 11.7 Å². The van der Waals surface area contributed by atoms with Gasteiger partial charge in [-0.25, -0.2) is 9.18 Å². The van der Waals surface area contributed by atoms with Crippen LogP contribution in [0.5, 0.6) is 0 Å². The van der Waals surface area contributed by atoms with Gasteiger partial charge >= 0.3 is 12.1 Å². The van der Waals surface area contributed by atoms with Crippen molar-refractivity contribution in [3.05, 3.63) is 82.3 Å². The number of hydrogen-bond acceptors (Lipinski definition) is 3. The van der Waals surface area contributed by atoms with Crippen LogP contribution in [-0.2, 0) is 27.0 Å². The van der Waals surface area contributed by atoms with Crippen molar-refractivity contribution in [2.45, 2.75) is 45.8 Å². The first kappa shape index (κ1) is 24.5. The molecule has 1 aliphatic heterocycles. The van der Waals surface area contributed by atoms with Crippen LogP contribution in [0.25, 0.3) is 0 Å². The summed E-state index contributed by atoms with van der Waals surface area (Å²) in [5.41, 5.74) is 0.351. The van der Waals surface area contributed by atoms with Gasteiger partial charge in [-0.3, -0.25) is 4.79 Å². The lowest BCUT2D eigenvalue weighted by molar-refractivity contribution is -0.141. The second-order valence-electron chi connectivity index (χ2n) is 8.44. The predicted octanol–water partition coefficient (Wildman–Crippen LogP) is 5.83. The second-order valence-corrected chi connectivity index (χ2v) is 8.44. The SMILES string of the molecule is CC1=C(C(=O)OCC(C)C)[C@@H](c2ccc(C(F)(F)F)cc2)CC(=O)N1Cc1ccccc1F. The third-order valence-electron chi connectivity index (χ3n) is 5.52. The van der Waals surface area contributed by atoms with Gasteiger partial charge in [0, 0.05) is 23.6 Å². The van der Waals surface area contributed by atoms with Gasteiger partial charge in [0.2, 0.25) is 5.91 Å². The third-order valence-corrected chi connectivity index (χ3v) is 5.52. The molecule has 0 fully saturated rings. The van der Waals surface area contributed by atoms with E-state index in [1.165, 1.54) is 29.2 Å². The summed E-state index contributed by atoms with van der Waals surface area (Å²) in [5, 5.41) is 0. The average Bonchev–Trinajstić information content (AvgIpc) is 2.75. The Morgan fingerprint density at radius 2 is 1.76 bits per heavy atom. The highest BCUT2D eigenvalue weighted by atomic mass is 19.4. The molecule has 0 saturated heterocycles. The number of nitrogens with zero attached hydrogens (tertiary/aromatic N) is 1. The maximum absolute atomic E-state index is 14.2. The van der Waals surface area contributed by atoms with Gasteiger partial charge in [-0.05, 0) is 36.6 Å². The molecule has 3 rings (SSSR count). The highest BCUT2D eigenvalue weighted by Crippen LogP contribution is 2.39. The number of amides is 1. The summed E-state index contributed by atoms with van der Waals surface area (Å²) < 4.78 is 58.6. The lowest BCUT2D eigenvalue weighted by Crippen LogP contribution is -2.38. The largest absolute Gasteiger partial charge is 0.462 e. The maximum atomic E-state index is 14.2. The topological polar surface area (TPSA) is 46.6 Å². The van der Waals surface area contributed by atoms with Gasteiger partial charge in [-0.2, -0.15) is 13.2 Å². The van der Waals surface area contributed by atoms with Crippen molar-refractivity contribution < 1.29 is 31.9 Å². The number of halogens is 4. The summed E-state index contributed by atoms with van der Waals surface area (Å²) >= 11 is 0. The molecule has 1 amide bonds. The number of hydrogen-bond donors (Lipinski definition) is 0. The predicted molar refractivity (Wildman–Crippen MR) is 114 cm³/mol. The van der Waals surface area contributed by atoms with Gasteiger partial charge in [0.25, 0.3) is 0 Å². The van der Waals surface area contributed by atoms with E-state index in [4.69, 9.17) is 4.74 Å². The Morgan fingerprint density at radius 1 is 1.12 bits per heavy atom. The van der Waals surface area contributed by atoms with Crippen LogP contribution >= 0.6 is 0 Å². The number of esters is 1. The molecule has 2 aromatic carbocycles. The first-order valence-electron chi connectivity index (χ1n) is 10.6. The quantitative estimate of drug-likeness (QED) is 0.400. The molecule has 2 aromatic rings. The summed E-state index contributed by atoms with van der Waals surface area (Å²) in [4.78, 5) is 27.3. The van der Waals surface area contributed by atoms with Crippen LogP contribution < -0.4 is 0 Å². The van der Waals surface area contributed by atoms with Crippen LogP contribution in [0.3, 0.4) is 0 Å². The minimum atomic E-state index is -4.50. The van der Waals surface area contributed by atoms with E-state index < -0.39 is 29.4 Å². The van der Waals surface area contributed by atoms with E-state index in [2.05, 4.69) is 0 Å². The molecule has 8 heteroatoms. The highest BCUT2D eigenvalue weighted by Gasteiger charge is 2.38. The Hall–Kier alpha value is -3.16. The van der Waals surface area contributed by atoms with E-state index in [0.29, 0.717) is 11.3 Å². The zero-order valence-corrected chi connectivity index (χ0v) is 18.6. The van der Waals surface area contributed by atoms with Crippen LogP contribution in [0.15, 0.2) is 59.8 Å². The zero-order chi connectivity index (χ0) is 24.3. The number of rotatable bonds is 6. The Bertz CT molecular complexity index is 1060. The fraction of sp³-hybridized carbons (Fsp3) is 0.360. The fourth-order valence-corrected chi connectivity index (χ4v) is 3.77. The number of alkyl halides is 3. The molecule has 0 aromatic heterocycles. The van der Waals surface area contributed by atoms with Crippen molar-refractivity contribution in [1.29, 1.82) is 0 Å². The van der Waals surface area contributed by atoms with Crippen molar-refractivity contribution in [2.75, 3.05) is 6.61 Å². The van der Waals surface area contributed by atoms with Crippen LogP contribution in [0.4, 0.5) is 17.6 Å². The number of allylic oxidation sites excluding steroid dienone is 1. The molecule has 0 N–H and O–H groups in total. The molecular weight excluding hydrogens is 438 g/mol. The molecule has 0 aliphatic carbocycles. The van der Waals surface area contributed by atoms with Crippen LogP contribution in [-0.4, -0.2) is 23.4 Å². The number of carbonyl (C=O) groups is 2. The van der Waals surface area contributed by atoms with E-state index in [1.807, 2.05) is 13.8 Å². The van der Waals surface area contributed by atoms with Crippen LogP contribution in [0.1, 0.15) is 49.8 Å². The van der Waals surface area contributed by atoms with E-state index in [1.54, 1.807) is 19.1 Å². The molecule has 176 valence electrons. The van der Waals surface area contributed by atoms with Gasteiger partial charge in [0.05, 0.1) is 24.3 Å². The van der Waals surface area contributed by atoms with Gasteiger partial charge in [-0.15, -0.1) is 0 Å². The highest BCUT2D eigenvalue weighted by molar-refractivity contribution is 5.95. The third kappa shape index (κ3) is 5.61. The minimum absolute atomic E-state index is 0.0686. The Kier molecular flexibility index (Phi) is 7.25. The maximum Gasteiger partial charge on any atom is 0.416 e. The first-order chi connectivity index (χ1) is 15.5. The van der Waals surface area contributed by atoms with Gasteiger partial charge in [0.1, 0.15) is 5.82 Å². The summed E-state index contributed by atoms with van der Waals surface area (Å²) in [6.07, 6.45) is -4.65. The Labute approximate surface area is 189 Å². The number of ether oxygens (including phenoxy) is 1. The second kappa shape index (κ2) is 9.77. The van der Waals surface area contributed by atoms with E-state index in [0.717, 1.165) is 12.1 Å². The Morgan fingerprint density at radius 3 is 2.33 bits per heavy atom. The van der Waals surface area contributed by atoms with Gasteiger partial charge in [0.15, 0.2) is 0 Å². The van der Waals surface area contributed by atoms with Crippen molar-refractivity contribution in [3.8, 4) is 0 Å². The zero-order valence-electron chi connectivity index (χ0n) is 18.6. The van der Waals surface area contributed by atoms with Gasteiger partial charge < -0.3 is 9.64 Å². The van der Waals surface area contributed by atoms with E-state index in [-0.39, 0.29) is 42.5 Å². The lowest BCUT2D eigenvalue weighted by Gasteiger charge is -2.34. The molecule has 1 aliphatic rings. The molecule has 4 nitrogen and oxygen atoms in total. The van der Waals surface area contributed by atoms with Crippen molar-refractivity contribution >= 4 is 11.9 Å². The number of benzene rings is 2. The van der Waals surface area contributed by atoms with Crippen molar-refractivity contribution in [1.82, 2.24) is 4.90 Å². The molecular formula is C25H25F4NO3. The summed E-state index contributed by atoms with van der Waals surface area (Å²) in [5.74, 6) is -2.18. The summed E-state index contributed by atoms with van der Waals surface area (Å²) in [6.45, 7) is 5.39. The molecule has 0 saturated carbocycles. The normalized spacial score (nSPS) is 17.0. The minimum Gasteiger partial charge on any atom is -0.462 e. The smallest absolute Gasteiger partial charge is 0.416 e. The molecule has 0 radical (unpaired) electrons. The summed E-state index contributed by atoms with van der Waals surface area (Å²) in [6, 6.07) is 10.4. The molecule has 33 heavy (non-hydrogen) atoms. The molecule has 1 heterocycles. The average molecular weight is 463 g/mol.